The maximum atomic E-state index is 5.19. The molecule has 0 aliphatic rings. The van der Waals surface area contributed by atoms with Crippen molar-refractivity contribution in [3.63, 3.8) is 0 Å². The van der Waals surface area contributed by atoms with Gasteiger partial charge in [-0.2, -0.15) is 5.10 Å². The third kappa shape index (κ3) is 2.84. The summed E-state index contributed by atoms with van der Waals surface area (Å²) in [5, 5.41) is 5.53. The van der Waals surface area contributed by atoms with Crippen molar-refractivity contribution in [1.29, 1.82) is 0 Å². The van der Waals surface area contributed by atoms with Crippen molar-refractivity contribution in [2.75, 3.05) is 27.4 Å². The maximum Gasteiger partial charge on any atom is 0.0992 e. The lowest BCUT2D eigenvalue weighted by Crippen LogP contribution is -2.20. The Labute approximate surface area is 102 Å². The van der Waals surface area contributed by atoms with Crippen molar-refractivity contribution in [2.24, 2.45) is 0 Å². The number of rotatable bonds is 5. The first-order valence-electron chi connectivity index (χ1n) is 5.27. The molecule has 0 fully saturated rings. The van der Waals surface area contributed by atoms with Crippen LogP contribution in [0.15, 0.2) is 30.5 Å². The molecule has 1 aromatic carbocycles. The smallest absolute Gasteiger partial charge is 0.0992 e. The van der Waals surface area contributed by atoms with E-state index in [1.54, 1.807) is 14.2 Å². The molecule has 1 aromatic heterocycles. The molecule has 0 aliphatic carbocycles. The molecule has 4 heteroatoms. The summed E-state index contributed by atoms with van der Waals surface area (Å²) in [6.45, 7) is 1.19. The Kier molecular flexibility index (Phi) is 5.12. The lowest BCUT2D eigenvalue weighted by molar-refractivity contribution is 0.0859. The van der Waals surface area contributed by atoms with Crippen LogP contribution >= 0.6 is 0 Å². The fourth-order valence-corrected chi connectivity index (χ4v) is 1.86. The molecule has 2 rings (SSSR count). The Morgan fingerprint density at radius 3 is 2.47 bits per heavy atom. The predicted octanol–water partition coefficient (Wildman–Crippen LogP) is 2.51. The van der Waals surface area contributed by atoms with E-state index in [0.717, 1.165) is 10.9 Å². The molecular weight excluding hydrogens is 216 g/mol. The summed E-state index contributed by atoms with van der Waals surface area (Å²) in [5.74, 6) is 0. The first kappa shape index (κ1) is 13.7. The van der Waals surface area contributed by atoms with Crippen molar-refractivity contribution in [3.05, 3.63) is 30.5 Å². The van der Waals surface area contributed by atoms with Gasteiger partial charge in [-0.1, -0.05) is 25.6 Å². The molecule has 0 N–H and O–H groups in total. The molecule has 0 bridgehead atoms. The first-order valence-corrected chi connectivity index (χ1v) is 5.27. The van der Waals surface area contributed by atoms with Gasteiger partial charge in [0.05, 0.1) is 31.0 Å². The number of benzene rings is 1. The Morgan fingerprint density at radius 1 is 1.18 bits per heavy atom. The van der Waals surface area contributed by atoms with Crippen molar-refractivity contribution < 1.29 is 9.47 Å². The summed E-state index contributed by atoms with van der Waals surface area (Å²) < 4.78 is 12.3. The molecule has 0 spiro atoms. The van der Waals surface area contributed by atoms with Gasteiger partial charge in [-0.05, 0) is 6.07 Å². The van der Waals surface area contributed by atoms with Crippen molar-refractivity contribution in [2.45, 2.75) is 13.5 Å². The summed E-state index contributed by atoms with van der Waals surface area (Å²) in [4.78, 5) is 0. The van der Waals surface area contributed by atoms with Gasteiger partial charge in [-0.3, -0.25) is 4.68 Å². The largest absolute Gasteiger partial charge is 0.382 e. The lowest BCUT2D eigenvalue weighted by Gasteiger charge is -2.16. The van der Waals surface area contributed by atoms with Gasteiger partial charge in [0.25, 0.3) is 0 Å². The SMILES string of the molecule is C.COCC(COC)n1ncc2ccccc21. The van der Waals surface area contributed by atoms with Crippen LogP contribution in [0.25, 0.3) is 10.9 Å². The highest BCUT2D eigenvalue weighted by Gasteiger charge is 2.13. The highest BCUT2D eigenvalue weighted by atomic mass is 16.5. The zero-order chi connectivity index (χ0) is 11.4. The van der Waals surface area contributed by atoms with E-state index in [-0.39, 0.29) is 13.5 Å². The standard InChI is InChI=1S/C12H16N2O2.CH4/c1-15-8-11(9-16-2)14-12-6-4-3-5-10(12)7-13-14;/h3-7,11H,8-9H2,1-2H3;1H4. The average molecular weight is 236 g/mol. The minimum absolute atomic E-state index is 0. The molecule has 4 nitrogen and oxygen atoms in total. The molecule has 17 heavy (non-hydrogen) atoms. The van der Waals surface area contributed by atoms with Crippen molar-refractivity contribution in [3.8, 4) is 0 Å². The van der Waals surface area contributed by atoms with Crippen LogP contribution in [0, 0.1) is 0 Å². The normalized spacial score (nSPS) is 10.8. The second kappa shape index (κ2) is 6.37. The molecule has 94 valence electrons. The third-order valence-electron chi connectivity index (χ3n) is 2.57. The zero-order valence-corrected chi connectivity index (χ0v) is 9.59. The second-order valence-electron chi connectivity index (χ2n) is 3.71. The minimum Gasteiger partial charge on any atom is -0.382 e. The summed E-state index contributed by atoms with van der Waals surface area (Å²) in [6, 6.07) is 8.25. The van der Waals surface area contributed by atoms with Crippen LogP contribution in [-0.2, 0) is 9.47 Å². The summed E-state index contributed by atoms with van der Waals surface area (Å²) in [6.07, 6.45) is 1.87. The van der Waals surface area contributed by atoms with Gasteiger partial charge in [0, 0.05) is 19.6 Å². The number of fused-ring (bicyclic) bond motifs is 1. The number of ether oxygens (including phenoxy) is 2. The van der Waals surface area contributed by atoms with Crippen LogP contribution < -0.4 is 0 Å². The topological polar surface area (TPSA) is 36.3 Å². The van der Waals surface area contributed by atoms with E-state index in [1.165, 1.54) is 0 Å². The molecule has 2 aromatic rings. The molecule has 0 aliphatic heterocycles. The van der Waals surface area contributed by atoms with Crippen LogP contribution in [0.5, 0.6) is 0 Å². The van der Waals surface area contributed by atoms with E-state index in [2.05, 4.69) is 17.2 Å². The summed E-state index contributed by atoms with van der Waals surface area (Å²) in [5.41, 5.74) is 1.11. The molecule has 0 saturated carbocycles. The minimum atomic E-state index is 0. The van der Waals surface area contributed by atoms with Gasteiger partial charge >= 0.3 is 0 Å². The molecule has 0 radical (unpaired) electrons. The van der Waals surface area contributed by atoms with Crippen LogP contribution in [0.3, 0.4) is 0 Å². The second-order valence-corrected chi connectivity index (χ2v) is 3.71. The molecule has 1 heterocycles. The van der Waals surface area contributed by atoms with E-state index in [4.69, 9.17) is 9.47 Å². The lowest BCUT2D eigenvalue weighted by atomic mass is 10.2. The fraction of sp³-hybridized carbons (Fsp3) is 0.462. The quantitative estimate of drug-likeness (QED) is 0.800. The Hall–Kier alpha value is -1.39. The highest BCUT2D eigenvalue weighted by molar-refractivity contribution is 5.78. The van der Waals surface area contributed by atoms with Crippen LogP contribution in [0.2, 0.25) is 0 Å². The number of hydrogen-bond acceptors (Lipinski definition) is 3. The van der Waals surface area contributed by atoms with E-state index in [9.17, 15) is 0 Å². The Bertz CT molecular complexity index is 447. The monoisotopic (exact) mass is 236 g/mol. The Balaban J connectivity index is 0.00000144. The van der Waals surface area contributed by atoms with Crippen molar-refractivity contribution >= 4 is 10.9 Å². The van der Waals surface area contributed by atoms with Crippen LogP contribution in [0.1, 0.15) is 13.5 Å². The number of nitrogens with zero attached hydrogens (tertiary/aromatic N) is 2. The van der Waals surface area contributed by atoms with E-state index >= 15 is 0 Å². The van der Waals surface area contributed by atoms with Crippen molar-refractivity contribution in [1.82, 2.24) is 9.78 Å². The molecule has 0 atom stereocenters. The third-order valence-corrected chi connectivity index (χ3v) is 2.57. The maximum absolute atomic E-state index is 5.19. The fourth-order valence-electron chi connectivity index (χ4n) is 1.86. The van der Waals surface area contributed by atoms with Gasteiger partial charge in [0.15, 0.2) is 0 Å². The van der Waals surface area contributed by atoms with Gasteiger partial charge < -0.3 is 9.47 Å². The molecular formula is C13H20N2O2. The van der Waals surface area contributed by atoms with Gasteiger partial charge in [-0.25, -0.2) is 0 Å². The van der Waals surface area contributed by atoms with E-state index in [1.807, 2.05) is 23.0 Å². The zero-order valence-electron chi connectivity index (χ0n) is 9.59. The van der Waals surface area contributed by atoms with Crippen LogP contribution in [0.4, 0.5) is 0 Å². The number of methoxy groups -OCH3 is 2. The predicted molar refractivity (Wildman–Crippen MR) is 69.3 cm³/mol. The highest BCUT2D eigenvalue weighted by Crippen LogP contribution is 2.17. The molecule has 0 amide bonds. The number of hydrogen-bond donors (Lipinski definition) is 0. The number of aromatic nitrogens is 2. The van der Waals surface area contributed by atoms with E-state index < -0.39 is 0 Å². The van der Waals surface area contributed by atoms with Gasteiger partial charge in [-0.15, -0.1) is 0 Å². The van der Waals surface area contributed by atoms with Gasteiger partial charge in [0.2, 0.25) is 0 Å². The molecule has 0 unspecified atom stereocenters. The average Bonchev–Trinajstić information content (AvgIpc) is 2.72. The van der Waals surface area contributed by atoms with E-state index in [0.29, 0.717) is 13.2 Å². The van der Waals surface area contributed by atoms with Crippen LogP contribution in [-0.4, -0.2) is 37.2 Å². The first-order chi connectivity index (χ1) is 7.86. The number of para-hydroxylation sites is 1. The Morgan fingerprint density at radius 2 is 1.82 bits per heavy atom. The summed E-state index contributed by atoms with van der Waals surface area (Å²) >= 11 is 0. The van der Waals surface area contributed by atoms with Gasteiger partial charge in [0.1, 0.15) is 0 Å². The summed E-state index contributed by atoms with van der Waals surface area (Å²) in [7, 11) is 3.38. The molecule has 0 saturated heterocycles.